The van der Waals surface area contributed by atoms with Crippen molar-refractivity contribution in [1.82, 2.24) is 0 Å². The normalized spacial score (nSPS) is 34.6. The lowest BCUT2D eigenvalue weighted by Gasteiger charge is -2.38. The van der Waals surface area contributed by atoms with Crippen LogP contribution in [0.2, 0.25) is 0 Å². The second-order valence-electron chi connectivity index (χ2n) is 7.42. The molecule has 2 heteroatoms. The number of halogens is 1. The number of rotatable bonds is 2. The molecule has 2 saturated carbocycles. The molecule has 0 bridgehead atoms. The lowest BCUT2D eigenvalue weighted by Crippen LogP contribution is -2.39. The first-order valence-electron chi connectivity index (χ1n) is 9.41. The molecule has 0 aromatic carbocycles. The van der Waals surface area contributed by atoms with E-state index in [-0.39, 0.29) is 0 Å². The van der Waals surface area contributed by atoms with Crippen molar-refractivity contribution in [3.8, 4) is 0 Å². The van der Waals surface area contributed by atoms with Gasteiger partial charge >= 0.3 is 0 Å². The van der Waals surface area contributed by atoms with Gasteiger partial charge in [0.25, 0.3) is 0 Å². The van der Waals surface area contributed by atoms with E-state index in [4.69, 9.17) is 11.6 Å². The maximum absolute atomic E-state index is 11.8. The van der Waals surface area contributed by atoms with E-state index in [0.29, 0.717) is 11.8 Å². The van der Waals surface area contributed by atoms with Crippen LogP contribution in [0.15, 0.2) is 0 Å². The molecule has 2 atom stereocenters. The molecule has 0 aromatic heterocycles. The Bertz CT molecular complexity index is 296. The summed E-state index contributed by atoms with van der Waals surface area (Å²) in [6, 6.07) is 0. The fraction of sp³-hybridized carbons (Fsp3) is 0.947. The first kappa shape index (κ1) is 17.3. The fourth-order valence-electron chi connectivity index (χ4n) is 4.56. The highest BCUT2D eigenvalue weighted by Crippen LogP contribution is 2.43. The molecule has 0 N–H and O–H groups in total. The van der Waals surface area contributed by atoms with E-state index in [0.717, 1.165) is 19.1 Å². The van der Waals surface area contributed by atoms with Gasteiger partial charge in [-0.05, 0) is 24.7 Å². The van der Waals surface area contributed by atoms with Gasteiger partial charge in [-0.1, -0.05) is 83.5 Å². The van der Waals surface area contributed by atoms with Crippen LogP contribution >= 0.6 is 11.6 Å². The molecule has 122 valence electrons. The largest absolute Gasteiger partial charge is 0.301 e. The Balaban J connectivity index is 2.08. The average molecular weight is 313 g/mol. The van der Waals surface area contributed by atoms with Crippen LogP contribution in [0.1, 0.15) is 96.3 Å². The first-order chi connectivity index (χ1) is 10.3. The highest BCUT2D eigenvalue weighted by atomic mass is 35.5. The standard InChI is InChI=1S/C19H33ClO/c20-19(16-21)15-11-7-2-1-6-10-14-18(19)17-12-8-4-3-5-9-13-17/h16-18H,1-15H2. The molecule has 2 rings (SSSR count). The Kier molecular flexibility index (Phi) is 7.57. The summed E-state index contributed by atoms with van der Waals surface area (Å²) in [5.41, 5.74) is 0. The monoisotopic (exact) mass is 312 g/mol. The summed E-state index contributed by atoms with van der Waals surface area (Å²) in [5.74, 6) is 1.11. The predicted molar refractivity (Wildman–Crippen MR) is 90.9 cm³/mol. The maximum atomic E-state index is 11.8. The number of carbonyl (C=O) groups is 1. The lowest BCUT2D eigenvalue weighted by molar-refractivity contribution is -0.112. The summed E-state index contributed by atoms with van der Waals surface area (Å²) in [6.45, 7) is 0. The molecule has 2 aliphatic rings. The highest BCUT2D eigenvalue weighted by molar-refractivity contribution is 6.31. The van der Waals surface area contributed by atoms with Gasteiger partial charge in [0.15, 0.2) is 0 Å². The molecular formula is C19H33ClO. The van der Waals surface area contributed by atoms with E-state index in [1.165, 1.54) is 83.5 Å². The quantitative estimate of drug-likeness (QED) is 0.433. The molecule has 0 saturated heterocycles. The van der Waals surface area contributed by atoms with Crippen molar-refractivity contribution in [1.29, 1.82) is 0 Å². The minimum atomic E-state index is -0.568. The van der Waals surface area contributed by atoms with Gasteiger partial charge in [0, 0.05) is 0 Å². The van der Waals surface area contributed by atoms with Crippen LogP contribution in [0.4, 0.5) is 0 Å². The van der Waals surface area contributed by atoms with E-state index in [1.54, 1.807) is 0 Å². The lowest BCUT2D eigenvalue weighted by atomic mass is 9.71. The van der Waals surface area contributed by atoms with Crippen LogP contribution in [0.25, 0.3) is 0 Å². The van der Waals surface area contributed by atoms with Gasteiger partial charge < -0.3 is 4.79 Å². The number of carbonyl (C=O) groups excluding carboxylic acids is 1. The Morgan fingerprint density at radius 1 is 0.714 bits per heavy atom. The molecule has 0 aromatic rings. The molecule has 0 radical (unpaired) electrons. The van der Waals surface area contributed by atoms with Crippen molar-refractivity contribution in [2.75, 3.05) is 0 Å². The Hall–Kier alpha value is -0.0400. The summed E-state index contributed by atoms with van der Waals surface area (Å²) < 4.78 is 0. The molecule has 0 spiro atoms. The van der Waals surface area contributed by atoms with Gasteiger partial charge in [-0.3, -0.25) is 0 Å². The number of hydrogen-bond donors (Lipinski definition) is 0. The van der Waals surface area contributed by atoms with E-state index >= 15 is 0 Å². The zero-order valence-electron chi connectivity index (χ0n) is 13.6. The van der Waals surface area contributed by atoms with Gasteiger partial charge in [-0.2, -0.15) is 0 Å². The Morgan fingerprint density at radius 3 is 1.76 bits per heavy atom. The Morgan fingerprint density at radius 2 is 1.19 bits per heavy atom. The second kappa shape index (κ2) is 9.18. The van der Waals surface area contributed by atoms with Crippen molar-refractivity contribution in [3.63, 3.8) is 0 Å². The minimum Gasteiger partial charge on any atom is -0.301 e. The van der Waals surface area contributed by atoms with Crippen molar-refractivity contribution in [2.45, 2.75) is 101 Å². The van der Waals surface area contributed by atoms with Crippen molar-refractivity contribution in [2.24, 2.45) is 11.8 Å². The molecule has 0 amide bonds. The van der Waals surface area contributed by atoms with E-state index in [2.05, 4.69) is 0 Å². The summed E-state index contributed by atoms with van der Waals surface area (Å²) in [6.07, 6.45) is 20.3. The topological polar surface area (TPSA) is 17.1 Å². The zero-order valence-corrected chi connectivity index (χ0v) is 14.4. The average Bonchev–Trinajstić information content (AvgIpc) is 2.46. The van der Waals surface area contributed by atoms with Crippen LogP contribution < -0.4 is 0 Å². The number of alkyl halides is 1. The third-order valence-electron chi connectivity index (χ3n) is 5.86. The third kappa shape index (κ3) is 5.27. The smallest absolute Gasteiger partial charge is 0.141 e. The predicted octanol–water partition coefficient (Wildman–Crippen LogP) is 6.27. The minimum absolute atomic E-state index is 0.424. The SMILES string of the molecule is O=CC1(Cl)CCCCCCCCC1C1CCCCCCC1. The molecular weight excluding hydrogens is 280 g/mol. The molecule has 2 unspecified atom stereocenters. The summed E-state index contributed by atoms with van der Waals surface area (Å²) in [5, 5.41) is 0. The molecule has 0 aliphatic heterocycles. The van der Waals surface area contributed by atoms with Crippen molar-refractivity contribution >= 4 is 17.9 Å². The first-order valence-corrected chi connectivity index (χ1v) is 9.79. The second-order valence-corrected chi connectivity index (χ2v) is 8.12. The molecule has 2 fully saturated rings. The molecule has 21 heavy (non-hydrogen) atoms. The van der Waals surface area contributed by atoms with Gasteiger partial charge in [-0.15, -0.1) is 11.6 Å². The number of hydrogen-bond acceptors (Lipinski definition) is 1. The van der Waals surface area contributed by atoms with E-state index < -0.39 is 4.87 Å². The summed E-state index contributed by atoms with van der Waals surface area (Å²) >= 11 is 6.89. The summed E-state index contributed by atoms with van der Waals surface area (Å²) in [7, 11) is 0. The third-order valence-corrected chi connectivity index (χ3v) is 6.41. The van der Waals surface area contributed by atoms with Crippen LogP contribution in [0.3, 0.4) is 0 Å². The maximum Gasteiger partial charge on any atom is 0.141 e. The van der Waals surface area contributed by atoms with Crippen LogP contribution in [0, 0.1) is 11.8 Å². The van der Waals surface area contributed by atoms with Gasteiger partial charge in [0.05, 0.1) is 0 Å². The van der Waals surface area contributed by atoms with Crippen LogP contribution in [-0.2, 0) is 4.79 Å². The molecule has 1 nitrogen and oxygen atoms in total. The number of aldehydes is 1. The van der Waals surface area contributed by atoms with Gasteiger partial charge in [-0.25, -0.2) is 0 Å². The van der Waals surface area contributed by atoms with Gasteiger partial charge in [0.1, 0.15) is 11.2 Å². The van der Waals surface area contributed by atoms with E-state index in [9.17, 15) is 4.79 Å². The Labute approximate surface area is 136 Å². The summed E-state index contributed by atoms with van der Waals surface area (Å²) in [4.78, 5) is 11.3. The molecule has 0 heterocycles. The zero-order chi connectivity index (χ0) is 15.0. The van der Waals surface area contributed by atoms with Crippen LogP contribution in [0.5, 0.6) is 0 Å². The fourth-order valence-corrected chi connectivity index (χ4v) is 4.98. The van der Waals surface area contributed by atoms with E-state index in [1.807, 2.05) is 0 Å². The van der Waals surface area contributed by atoms with Crippen LogP contribution in [-0.4, -0.2) is 11.2 Å². The van der Waals surface area contributed by atoms with Crippen molar-refractivity contribution < 1.29 is 4.79 Å². The van der Waals surface area contributed by atoms with Gasteiger partial charge in [0.2, 0.25) is 0 Å². The highest BCUT2D eigenvalue weighted by Gasteiger charge is 2.40. The molecule has 2 aliphatic carbocycles. The van der Waals surface area contributed by atoms with Crippen molar-refractivity contribution in [3.05, 3.63) is 0 Å².